The van der Waals surface area contributed by atoms with Gasteiger partial charge in [-0.25, -0.2) is 0 Å². The van der Waals surface area contributed by atoms with E-state index in [1.165, 1.54) is 161 Å². The lowest BCUT2D eigenvalue weighted by Crippen LogP contribution is -2.28. The Kier molecular flexibility index (Phi) is 37.1. The van der Waals surface area contributed by atoms with E-state index in [-0.39, 0.29) is 0 Å². The monoisotopic (exact) mass is 614 g/mol. The minimum absolute atomic E-state index is 0.410. The Balaban J connectivity index is 3.58. The lowest BCUT2D eigenvalue weighted by Gasteiger charge is -2.21. The van der Waals surface area contributed by atoms with Crippen molar-refractivity contribution >= 4 is 0 Å². The number of rotatable bonds is 35. The highest BCUT2D eigenvalue weighted by molar-refractivity contribution is 4.93. The third kappa shape index (κ3) is 37.1. The Morgan fingerprint density at radius 1 is 0.432 bits per heavy atom. The highest BCUT2D eigenvalue weighted by Crippen LogP contribution is 2.14. The molecule has 2 heteroatoms. The minimum atomic E-state index is 0.410. The third-order valence-corrected chi connectivity index (χ3v) is 8.49. The number of likely N-dealkylation sites (N-methyl/N-ethyl adjacent to an activating group) is 1. The predicted molar refractivity (Wildman–Crippen MR) is 201 cm³/mol. The van der Waals surface area contributed by atoms with Gasteiger partial charge in [0, 0.05) is 13.2 Å². The molecule has 0 aromatic heterocycles. The van der Waals surface area contributed by atoms with Crippen LogP contribution in [0.1, 0.15) is 187 Å². The minimum Gasteiger partial charge on any atom is -0.377 e. The zero-order chi connectivity index (χ0) is 32.0. The van der Waals surface area contributed by atoms with Crippen molar-refractivity contribution in [3.05, 3.63) is 48.6 Å². The van der Waals surface area contributed by atoms with E-state index in [0.717, 1.165) is 26.0 Å². The van der Waals surface area contributed by atoms with Gasteiger partial charge in [-0.05, 0) is 91.1 Å². The van der Waals surface area contributed by atoms with E-state index < -0.39 is 0 Å². The Morgan fingerprint density at radius 2 is 0.795 bits per heavy atom. The molecular formula is C42H79NO. The van der Waals surface area contributed by atoms with Crippen LogP contribution in [-0.2, 0) is 4.74 Å². The molecule has 0 heterocycles. The van der Waals surface area contributed by atoms with Crippen LogP contribution < -0.4 is 0 Å². The molecule has 0 amide bonds. The van der Waals surface area contributed by atoms with E-state index in [9.17, 15) is 0 Å². The van der Waals surface area contributed by atoms with Crippen LogP contribution in [0.25, 0.3) is 0 Å². The van der Waals surface area contributed by atoms with Crippen LogP contribution in [0.2, 0.25) is 0 Å². The SMILES string of the molecule is CCCCC/C=C\C/C=C\CCCCCCCCCCC(CN(C)C)OCCCCCCCC/C=C\C/C=C\CCCCC. The largest absolute Gasteiger partial charge is 0.377 e. The van der Waals surface area contributed by atoms with Gasteiger partial charge in [-0.15, -0.1) is 0 Å². The number of nitrogens with zero attached hydrogens (tertiary/aromatic N) is 1. The van der Waals surface area contributed by atoms with Crippen LogP contribution in [-0.4, -0.2) is 38.3 Å². The maximum absolute atomic E-state index is 6.34. The van der Waals surface area contributed by atoms with Crippen molar-refractivity contribution in [1.82, 2.24) is 4.90 Å². The number of hydrogen-bond donors (Lipinski definition) is 0. The fourth-order valence-corrected chi connectivity index (χ4v) is 5.69. The summed E-state index contributed by atoms with van der Waals surface area (Å²) in [4.78, 5) is 2.30. The predicted octanol–water partition coefficient (Wildman–Crippen LogP) is 13.7. The topological polar surface area (TPSA) is 12.5 Å². The lowest BCUT2D eigenvalue weighted by atomic mass is 10.0. The van der Waals surface area contributed by atoms with Crippen LogP contribution in [0.15, 0.2) is 48.6 Å². The van der Waals surface area contributed by atoms with Crippen molar-refractivity contribution in [2.24, 2.45) is 0 Å². The zero-order valence-corrected chi connectivity index (χ0v) is 30.6. The molecule has 0 bridgehead atoms. The van der Waals surface area contributed by atoms with E-state index >= 15 is 0 Å². The summed E-state index contributed by atoms with van der Waals surface area (Å²) in [5, 5.41) is 0. The summed E-state index contributed by atoms with van der Waals surface area (Å²) in [6, 6.07) is 0. The maximum atomic E-state index is 6.34. The summed E-state index contributed by atoms with van der Waals surface area (Å²) in [6.07, 6.45) is 54.8. The average Bonchev–Trinajstić information content (AvgIpc) is 3.01. The fraction of sp³-hybridized carbons (Fsp3) is 0.810. The summed E-state index contributed by atoms with van der Waals surface area (Å²) in [5.74, 6) is 0. The average molecular weight is 614 g/mol. The molecule has 0 N–H and O–H groups in total. The van der Waals surface area contributed by atoms with Crippen molar-refractivity contribution < 1.29 is 4.74 Å². The first-order valence-corrected chi connectivity index (χ1v) is 19.6. The molecule has 0 aromatic carbocycles. The molecular weight excluding hydrogens is 534 g/mol. The Bertz CT molecular complexity index is 646. The quantitative estimate of drug-likeness (QED) is 0.0521. The van der Waals surface area contributed by atoms with Gasteiger partial charge >= 0.3 is 0 Å². The van der Waals surface area contributed by atoms with Crippen LogP contribution in [0.5, 0.6) is 0 Å². The fourth-order valence-electron chi connectivity index (χ4n) is 5.69. The van der Waals surface area contributed by atoms with Crippen molar-refractivity contribution in [1.29, 1.82) is 0 Å². The van der Waals surface area contributed by atoms with Gasteiger partial charge in [0.1, 0.15) is 0 Å². The molecule has 1 atom stereocenters. The van der Waals surface area contributed by atoms with Gasteiger partial charge in [0.25, 0.3) is 0 Å². The number of unbranched alkanes of at least 4 members (excludes halogenated alkanes) is 20. The smallest absolute Gasteiger partial charge is 0.0701 e. The van der Waals surface area contributed by atoms with E-state index in [2.05, 4.69) is 81.5 Å². The summed E-state index contributed by atoms with van der Waals surface area (Å²) in [5.41, 5.74) is 0. The summed E-state index contributed by atoms with van der Waals surface area (Å²) in [6.45, 7) is 6.54. The Morgan fingerprint density at radius 3 is 1.20 bits per heavy atom. The molecule has 0 aromatic rings. The van der Waals surface area contributed by atoms with Gasteiger partial charge in [-0.1, -0.05) is 159 Å². The lowest BCUT2D eigenvalue weighted by molar-refractivity contribution is 0.0266. The van der Waals surface area contributed by atoms with Crippen molar-refractivity contribution in [2.75, 3.05) is 27.2 Å². The molecule has 2 nitrogen and oxygen atoms in total. The number of ether oxygens (including phenoxy) is 1. The summed E-state index contributed by atoms with van der Waals surface area (Å²) >= 11 is 0. The van der Waals surface area contributed by atoms with Gasteiger partial charge in [0.05, 0.1) is 6.10 Å². The standard InChI is InChI=1S/C42H79NO/c1-5-7-9-11-13-15-17-19-21-23-24-25-27-29-31-33-35-37-39-42(41-43(3)4)44-40-38-36-34-32-30-28-26-22-20-18-16-14-12-10-8-6-2/h13-16,19-22,42H,5-12,17-18,23-41H2,1-4H3/b15-13-,16-14-,21-19-,22-20-. The van der Waals surface area contributed by atoms with Crippen molar-refractivity contribution in [3.8, 4) is 0 Å². The molecule has 0 radical (unpaired) electrons. The summed E-state index contributed by atoms with van der Waals surface area (Å²) < 4.78 is 6.34. The van der Waals surface area contributed by atoms with Crippen LogP contribution in [0.3, 0.4) is 0 Å². The zero-order valence-electron chi connectivity index (χ0n) is 30.6. The van der Waals surface area contributed by atoms with Crippen LogP contribution >= 0.6 is 0 Å². The van der Waals surface area contributed by atoms with Crippen LogP contribution in [0.4, 0.5) is 0 Å². The first-order chi connectivity index (χ1) is 21.7. The van der Waals surface area contributed by atoms with Crippen LogP contribution in [0, 0.1) is 0 Å². The molecule has 0 fully saturated rings. The second-order valence-corrected chi connectivity index (χ2v) is 13.4. The number of allylic oxidation sites excluding steroid dienone is 8. The molecule has 0 saturated heterocycles. The third-order valence-electron chi connectivity index (χ3n) is 8.49. The number of hydrogen-bond acceptors (Lipinski definition) is 2. The maximum Gasteiger partial charge on any atom is 0.0701 e. The van der Waals surface area contributed by atoms with Gasteiger partial charge in [-0.2, -0.15) is 0 Å². The second kappa shape index (κ2) is 38.1. The van der Waals surface area contributed by atoms with Gasteiger partial charge < -0.3 is 9.64 Å². The molecule has 0 rings (SSSR count). The van der Waals surface area contributed by atoms with E-state index in [4.69, 9.17) is 4.74 Å². The molecule has 0 spiro atoms. The summed E-state index contributed by atoms with van der Waals surface area (Å²) in [7, 11) is 4.36. The van der Waals surface area contributed by atoms with Crippen molar-refractivity contribution in [3.63, 3.8) is 0 Å². The van der Waals surface area contributed by atoms with Gasteiger partial charge in [0.2, 0.25) is 0 Å². The second-order valence-electron chi connectivity index (χ2n) is 13.4. The van der Waals surface area contributed by atoms with Crippen molar-refractivity contribution in [2.45, 2.75) is 193 Å². The molecule has 258 valence electrons. The van der Waals surface area contributed by atoms with E-state index in [1.54, 1.807) is 0 Å². The molecule has 1 unspecified atom stereocenters. The molecule has 0 saturated carbocycles. The van der Waals surface area contributed by atoms with Gasteiger partial charge in [0.15, 0.2) is 0 Å². The normalized spacial score (nSPS) is 13.2. The molecule has 0 aliphatic carbocycles. The molecule has 0 aliphatic heterocycles. The highest BCUT2D eigenvalue weighted by atomic mass is 16.5. The first-order valence-electron chi connectivity index (χ1n) is 19.6. The van der Waals surface area contributed by atoms with E-state index in [0.29, 0.717) is 6.10 Å². The highest BCUT2D eigenvalue weighted by Gasteiger charge is 2.10. The molecule has 0 aliphatic rings. The first kappa shape index (κ1) is 42.9. The van der Waals surface area contributed by atoms with Gasteiger partial charge in [-0.3, -0.25) is 0 Å². The van der Waals surface area contributed by atoms with E-state index in [1.807, 2.05) is 0 Å². The molecule has 44 heavy (non-hydrogen) atoms. The Hall–Kier alpha value is -1.12. The Labute approximate surface area is 278 Å².